The summed E-state index contributed by atoms with van der Waals surface area (Å²) in [4.78, 5) is 12.6. The van der Waals surface area contributed by atoms with Gasteiger partial charge in [0.15, 0.2) is 5.76 Å². The first-order valence-electron chi connectivity index (χ1n) is 7.77. The number of carbonyl (C=O) groups is 1. The maximum atomic E-state index is 13.3. The van der Waals surface area contributed by atoms with E-state index in [1.54, 1.807) is 12.1 Å². The fourth-order valence-corrected chi connectivity index (χ4v) is 2.78. The molecule has 1 saturated carbocycles. The maximum Gasteiger partial charge on any atom is 0.236 e. The molecule has 1 aliphatic rings. The highest BCUT2D eigenvalue weighted by atomic mass is 19.1. The molecule has 1 N–H and O–H groups in total. The minimum Gasteiger partial charge on any atom is -0.356 e. The summed E-state index contributed by atoms with van der Waals surface area (Å²) in [6, 6.07) is 17.3. The summed E-state index contributed by atoms with van der Waals surface area (Å²) in [6.45, 7) is 0. The number of carbonyl (C=O) groups excluding carboxylic acids is 1. The minimum atomic E-state index is -0.678. The van der Waals surface area contributed by atoms with Crippen LogP contribution in [0.15, 0.2) is 65.2 Å². The molecule has 1 heterocycles. The van der Waals surface area contributed by atoms with Crippen LogP contribution in [0.2, 0.25) is 0 Å². The molecule has 0 aliphatic heterocycles. The Balaban J connectivity index is 1.57. The third-order valence-corrected chi connectivity index (χ3v) is 4.33. The van der Waals surface area contributed by atoms with E-state index in [-0.39, 0.29) is 11.7 Å². The normalized spacial score (nSPS) is 15.0. The second kappa shape index (κ2) is 5.60. The summed E-state index contributed by atoms with van der Waals surface area (Å²) in [5.74, 6) is 0.0712. The first-order chi connectivity index (χ1) is 11.7. The lowest BCUT2D eigenvalue weighted by atomic mass is 10.00. The van der Waals surface area contributed by atoms with Gasteiger partial charge < -0.3 is 9.84 Å². The lowest BCUT2D eigenvalue weighted by Crippen LogP contribution is -2.28. The van der Waals surface area contributed by atoms with Crippen LogP contribution in [-0.4, -0.2) is 11.1 Å². The van der Waals surface area contributed by atoms with Crippen LogP contribution >= 0.6 is 0 Å². The van der Waals surface area contributed by atoms with Crippen LogP contribution in [0, 0.1) is 5.82 Å². The SMILES string of the molecule is O=C(Nc1cccc(F)c1)C1(c2cc(-c3ccccc3)on2)CC1. The Hall–Kier alpha value is -2.95. The molecule has 4 nitrogen and oxygen atoms in total. The van der Waals surface area contributed by atoms with Gasteiger partial charge in [-0.05, 0) is 31.0 Å². The van der Waals surface area contributed by atoms with Crippen LogP contribution in [0.5, 0.6) is 0 Å². The van der Waals surface area contributed by atoms with E-state index < -0.39 is 5.41 Å². The lowest BCUT2D eigenvalue weighted by molar-refractivity contribution is -0.118. The fourth-order valence-electron chi connectivity index (χ4n) is 2.78. The van der Waals surface area contributed by atoms with Gasteiger partial charge in [0.2, 0.25) is 5.91 Å². The van der Waals surface area contributed by atoms with Crippen molar-refractivity contribution in [2.24, 2.45) is 0 Å². The maximum absolute atomic E-state index is 13.3. The quantitative estimate of drug-likeness (QED) is 0.785. The third-order valence-electron chi connectivity index (χ3n) is 4.33. The van der Waals surface area contributed by atoms with E-state index in [9.17, 15) is 9.18 Å². The molecule has 0 saturated heterocycles. The first kappa shape index (κ1) is 14.6. The lowest BCUT2D eigenvalue weighted by Gasteiger charge is -2.12. The molecule has 0 atom stereocenters. The molecule has 1 amide bonds. The summed E-state index contributed by atoms with van der Waals surface area (Å²) in [5.41, 5.74) is 1.30. The molecular weight excluding hydrogens is 307 g/mol. The van der Waals surface area contributed by atoms with Crippen molar-refractivity contribution < 1.29 is 13.7 Å². The van der Waals surface area contributed by atoms with Gasteiger partial charge in [-0.15, -0.1) is 0 Å². The van der Waals surface area contributed by atoms with Crippen LogP contribution in [0.4, 0.5) is 10.1 Å². The summed E-state index contributed by atoms with van der Waals surface area (Å²) in [7, 11) is 0. The van der Waals surface area contributed by atoms with Gasteiger partial charge in [-0.2, -0.15) is 0 Å². The van der Waals surface area contributed by atoms with Crippen LogP contribution in [0.1, 0.15) is 18.5 Å². The van der Waals surface area contributed by atoms with E-state index in [1.165, 1.54) is 12.1 Å². The number of benzene rings is 2. The zero-order valence-corrected chi connectivity index (χ0v) is 12.8. The van der Waals surface area contributed by atoms with Crippen LogP contribution in [0.3, 0.4) is 0 Å². The Morgan fingerprint density at radius 2 is 1.88 bits per heavy atom. The van der Waals surface area contributed by atoms with Crippen molar-refractivity contribution >= 4 is 11.6 Å². The van der Waals surface area contributed by atoms with Crippen molar-refractivity contribution in [3.63, 3.8) is 0 Å². The molecule has 4 rings (SSSR count). The van der Waals surface area contributed by atoms with Crippen LogP contribution in [-0.2, 0) is 10.2 Å². The Morgan fingerprint density at radius 3 is 2.58 bits per heavy atom. The van der Waals surface area contributed by atoms with Gasteiger partial charge in [0.25, 0.3) is 0 Å². The molecule has 0 radical (unpaired) electrons. The highest BCUT2D eigenvalue weighted by Gasteiger charge is 2.53. The van der Waals surface area contributed by atoms with Gasteiger partial charge in [0.1, 0.15) is 5.82 Å². The van der Waals surface area contributed by atoms with Gasteiger partial charge in [-0.1, -0.05) is 41.6 Å². The average Bonchev–Trinajstić information content (AvgIpc) is 3.26. The molecule has 120 valence electrons. The van der Waals surface area contributed by atoms with E-state index in [2.05, 4.69) is 10.5 Å². The molecule has 0 bridgehead atoms. The topological polar surface area (TPSA) is 55.1 Å². The molecule has 3 aromatic rings. The average molecular weight is 322 g/mol. The van der Waals surface area contributed by atoms with Gasteiger partial charge in [-0.25, -0.2) is 4.39 Å². The predicted octanol–water partition coefficient (Wildman–Crippen LogP) is 4.15. The number of anilines is 1. The van der Waals surface area contributed by atoms with Crippen molar-refractivity contribution in [1.29, 1.82) is 0 Å². The highest BCUT2D eigenvalue weighted by molar-refractivity contribution is 6.01. The van der Waals surface area contributed by atoms with E-state index in [1.807, 2.05) is 36.4 Å². The molecule has 1 aliphatic carbocycles. The van der Waals surface area contributed by atoms with E-state index in [0.29, 0.717) is 30.0 Å². The number of rotatable bonds is 4. The molecule has 1 aromatic heterocycles. The van der Waals surface area contributed by atoms with Crippen molar-refractivity contribution in [2.75, 3.05) is 5.32 Å². The molecule has 24 heavy (non-hydrogen) atoms. The summed E-state index contributed by atoms with van der Waals surface area (Å²) in [5, 5.41) is 6.87. The van der Waals surface area contributed by atoms with E-state index in [4.69, 9.17) is 4.52 Å². The largest absolute Gasteiger partial charge is 0.356 e. The van der Waals surface area contributed by atoms with Gasteiger partial charge in [0, 0.05) is 17.3 Å². The summed E-state index contributed by atoms with van der Waals surface area (Å²) in [6.07, 6.45) is 1.41. The van der Waals surface area contributed by atoms with Crippen molar-refractivity contribution in [2.45, 2.75) is 18.3 Å². The van der Waals surface area contributed by atoms with Gasteiger partial charge >= 0.3 is 0 Å². The molecule has 0 unspecified atom stereocenters. The van der Waals surface area contributed by atoms with E-state index in [0.717, 1.165) is 5.56 Å². The Bertz CT molecular complexity index is 885. The third kappa shape index (κ3) is 2.58. The number of aromatic nitrogens is 1. The van der Waals surface area contributed by atoms with Crippen LogP contribution < -0.4 is 5.32 Å². The Morgan fingerprint density at radius 1 is 1.08 bits per heavy atom. The van der Waals surface area contributed by atoms with Crippen molar-refractivity contribution in [3.05, 3.63) is 72.2 Å². The number of halogens is 1. The van der Waals surface area contributed by atoms with Crippen LogP contribution in [0.25, 0.3) is 11.3 Å². The van der Waals surface area contributed by atoms with Gasteiger partial charge in [-0.3, -0.25) is 4.79 Å². The second-order valence-corrected chi connectivity index (χ2v) is 5.99. The number of hydrogen-bond acceptors (Lipinski definition) is 3. The first-order valence-corrected chi connectivity index (χ1v) is 7.77. The number of amides is 1. The van der Waals surface area contributed by atoms with E-state index >= 15 is 0 Å². The molecule has 5 heteroatoms. The molecular formula is C19H15FN2O2. The predicted molar refractivity (Wildman–Crippen MR) is 87.9 cm³/mol. The smallest absolute Gasteiger partial charge is 0.236 e. The number of nitrogens with zero attached hydrogens (tertiary/aromatic N) is 1. The fraction of sp³-hybridized carbons (Fsp3) is 0.158. The molecule has 0 spiro atoms. The molecule has 1 fully saturated rings. The van der Waals surface area contributed by atoms with Gasteiger partial charge in [0.05, 0.1) is 11.1 Å². The zero-order valence-electron chi connectivity index (χ0n) is 12.8. The summed E-state index contributed by atoms with van der Waals surface area (Å²) < 4.78 is 18.7. The zero-order chi connectivity index (χ0) is 16.6. The second-order valence-electron chi connectivity index (χ2n) is 5.99. The Kier molecular flexibility index (Phi) is 3.41. The highest BCUT2D eigenvalue weighted by Crippen LogP contribution is 2.49. The standard InChI is InChI=1S/C19H15FN2O2/c20-14-7-4-8-15(11-14)21-18(23)19(9-10-19)17-12-16(24-22-17)13-5-2-1-3-6-13/h1-8,11-12H,9-10H2,(H,21,23). The number of hydrogen-bond donors (Lipinski definition) is 1. The van der Waals surface area contributed by atoms with Crippen molar-refractivity contribution in [3.8, 4) is 11.3 Å². The monoisotopic (exact) mass is 322 g/mol. The van der Waals surface area contributed by atoms with Crippen molar-refractivity contribution in [1.82, 2.24) is 5.16 Å². The molecule has 2 aromatic carbocycles. The minimum absolute atomic E-state index is 0.180. The Labute approximate surface area is 138 Å². The summed E-state index contributed by atoms with van der Waals surface area (Å²) >= 11 is 0. The number of nitrogens with one attached hydrogen (secondary N) is 1.